The SMILES string of the molecule is CC#Cc1cc(C)c(C2C(=O)CC3(CCN(C(=O)CC(=O)c4ccccc4)CC3)CC2=O)c(C)c1. The lowest BCUT2D eigenvalue weighted by Crippen LogP contribution is -2.48. The Morgan fingerprint density at radius 3 is 2.09 bits per heavy atom. The molecule has 0 unspecified atom stereocenters. The summed E-state index contributed by atoms with van der Waals surface area (Å²) >= 11 is 0. The summed E-state index contributed by atoms with van der Waals surface area (Å²) in [5, 5.41) is 0. The van der Waals surface area contributed by atoms with E-state index in [1.54, 1.807) is 36.1 Å². The van der Waals surface area contributed by atoms with E-state index in [0.29, 0.717) is 44.3 Å². The maximum absolute atomic E-state index is 13.3. The molecule has 2 aromatic carbocycles. The van der Waals surface area contributed by atoms with Gasteiger partial charge in [0, 0.05) is 37.1 Å². The number of nitrogens with zero attached hydrogens (tertiary/aromatic N) is 1. The first-order valence-electron chi connectivity index (χ1n) is 12.2. The molecule has 0 aromatic heterocycles. The minimum atomic E-state index is -0.715. The van der Waals surface area contributed by atoms with Gasteiger partial charge in [-0.2, -0.15) is 0 Å². The van der Waals surface area contributed by atoms with Gasteiger partial charge in [0.2, 0.25) is 5.91 Å². The number of piperidine rings is 1. The molecule has 2 fully saturated rings. The maximum atomic E-state index is 13.3. The molecule has 1 aliphatic heterocycles. The number of Topliss-reactive ketones (excluding diaryl/α,β-unsaturated/α-hetero) is 3. The standard InChI is InChI=1S/C30H31NO4/c1-4-8-22-15-20(2)28(21(3)16-22)29-25(33)18-30(19-26(29)34)11-13-31(14-12-30)27(35)17-24(32)23-9-6-5-7-10-23/h5-7,9-10,15-16,29H,11-14,17-19H2,1-3H3. The molecule has 0 bridgehead atoms. The van der Waals surface area contributed by atoms with Gasteiger partial charge in [-0.3, -0.25) is 19.2 Å². The lowest BCUT2D eigenvalue weighted by molar-refractivity contribution is -0.140. The zero-order valence-corrected chi connectivity index (χ0v) is 20.6. The van der Waals surface area contributed by atoms with Crippen LogP contribution in [0.3, 0.4) is 0 Å². The van der Waals surface area contributed by atoms with Gasteiger partial charge < -0.3 is 4.90 Å². The Morgan fingerprint density at radius 2 is 1.54 bits per heavy atom. The normalized spacial score (nSPS) is 17.7. The Balaban J connectivity index is 1.42. The second-order valence-electron chi connectivity index (χ2n) is 9.96. The smallest absolute Gasteiger partial charge is 0.230 e. The summed E-state index contributed by atoms with van der Waals surface area (Å²) in [6.07, 6.45) is 1.75. The molecule has 0 radical (unpaired) electrons. The molecule has 1 saturated heterocycles. The van der Waals surface area contributed by atoms with Gasteiger partial charge in [0.15, 0.2) is 5.78 Å². The van der Waals surface area contributed by atoms with E-state index in [4.69, 9.17) is 0 Å². The van der Waals surface area contributed by atoms with Crippen LogP contribution in [0.2, 0.25) is 0 Å². The van der Waals surface area contributed by atoms with Gasteiger partial charge >= 0.3 is 0 Å². The van der Waals surface area contributed by atoms with Gasteiger partial charge in [-0.1, -0.05) is 36.3 Å². The summed E-state index contributed by atoms with van der Waals surface area (Å²) < 4.78 is 0. The number of rotatable bonds is 4. The Morgan fingerprint density at radius 1 is 0.971 bits per heavy atom. The van der Waals surface area contributed by atoms with Crippen LogP contribution in [0.5, 0.6) is 0 Å². The molecule has 4 rings (SSSR count). The first-order chi connectivity index (χ1) is 16.7. The van der Waals surface area contributed by atoms with E-state index >= 15 is 0 Å². The largest absolute Gasteiger partial charge is 0.342 e. The van der Waals surface area contributed by atoms with Crippen LogP contribution in [0.15, 0.2) is 42.5 Å². The number of aryl methyl sites for hydroxylation is 2. The van der Waals surface area contributed by atoms with Gasteiger partial charge in [0.1, 0.15) is 17.5 Å². The molecule has 1 saturated carbocycles. The van der Waals surface area contributed by atoms with E-state index in [0.717, 1.165) is 22.3 Å². The minimum Gasteiger partial charge on any atom is -0.342 e. The number of hydrogen-bond acceptors (Lipinski definition) is 4. The average molecular weight is 470 g/mol. The van der Waals surface area contributed by atoms with Crippen molar-refractivity contribution in [2.45, 2.75) is 58.8 Å². The van der Waals surface area contributed by atoms with E-state index in [-0.39, 0.29) is 35.1 Å². The van der Waals surface area contributed by atoms with Crippen molar-refractivity contribution in [2.24, 2.45) is 5.41 Å². The van der Waals surface area contributed by atoms with Crippen LogP contribution in [-0.4, -0.2) is 41.2 Å². The summed E-state index contributed by atoms with van der Waals surface area (Å²) in [7, 11) is 0. The number of amides is 1. The molecule has 1 spiro atoms. The van der Waals surface area contributed by atoms with E-state index in [1.165, 1.54) is 0 Å². The molecule has 2 aliphatic rings. The van der Waals surface area contributed by atoms with Crippen molar-refractivity contribution < 1.29 is 19.2 Å². The predicted molar refractivity (Wildman–Crippen MR) is 134 cm³/mol. The van der Waals surface area contributed by atoms with Crippen molar-refractivity contribution >= 4 is 23.3 Å². The number of likely N-dealkylation sites (tertiary alicyclic amines) is 1. The quantitative estimate of drug-likeness (QED) is 0.374. The molecule has 1 heterocycles. The Bertz CT molecular complexity index is 1200. The lowest BCUT2D eigenvalue weighted by atomic mass is 9.62. The van der Waals surface area contributed by atoms with Crippen LogP contribution in [-0.2, 0) is 14.4 Å². The summed E-state index contributed by atoms with van der Waals surface area (Å²) in [4.78, 5) is 53.5. The number of benzene rings is 2. The summed E-state index contributed by atoms with van der Waals surface area (Å²) in [6, 6.07) is 12.7. The fourth-order valence-electron chi connectivity index (χ4n) is 5.71. The van der Waals surface area contributed by atoms with Gasteiger partial charge in [-0.25, -0.2) is 0 Å². The Hall–Kier alpha value is -3.52. The van der Waals surface area contributed by atoms with Crippen molar-refractivity contribution in [3.63, 3.8) is 0 Å². The molecule has 180 valence electrons. The Labute approximate surface area is 206 Å². The molecular weight excluding hydrogens is 438 g/mol. The predicted octanol–water partition coefficient (Wildman–Crippen LogP) is 4.57. The van der Waals surface area contributed by atoms with Crippen molar-refractivity contribution in [2.75, 3.05) is 13.1 Å². The summed E-state index contributed by atoms with van der Waals surface area (Å²) in [6.45, 7) is 6.60. The number of ketones is 3. The molecule has 1 amide bonds. The average Bonchev–Trinajstić information content (AvgIpc) is 2.81. The number of hydrogen-bond donors (Lipinski definition) is 0. The second kappa shape index (κ2) is 10.00. The van der Waals surface area contributed by atoms with E-state index in [9.17, 15) is 19.2 Å². The van der Waals surface area contributed by atoms with Crippen molar-refractivity contribution in [1.29, 1.82) is 0 Å². The first-order valence-corrected chi connectivity index (χ1v) is 12.2. The highest BCUT2D eigenvalue weighted by atomic mass is 16.2. The maximum Gasteiger partial charge on any atom is 0.230 e. The van der Waals surface area contributed by atoms with E-state index in [2.05, 4.69) is 11.8 Å². The zero-order chi connectivity index (χ0) is 25.2. The minimum absolute atomic E-state index is 0.0270. The van der Waals surface area contributed by atoms with Gasteiger partial charge in [0.05, 0.1) is 6.42 Å². The first kappa shape index (κ1) is 24.6. The fraction of sp³-hybridized carbons (Fsp3) is 0.400. The topological polar surface area (TPSA) is 71.5 Å². The van der Waals surface area contributed by atoms with Gasteiger partial charge in [0.25, 0.3) is 0 Å². The monoisotopic (exact) mass is 469 g/mol. The van der Waals surface area contributed by atoms with Gasteiger partial charge in [-0.15, -0.1) is 5.92 Å². The fourth-order valence-corrected chi connectivity index (χ4v) is 5.71. The van der Waals surface area contributed by atoms with Crippen molar-refractivity contribution in [1.82, 2.24) is 4.90 Å². The summed E-state index contributed by atoms with van der Waals surface area (Å²) in [5.74, 6) is 4.79. The molecule has 0 atom stereocenters. The summed E-state index contributed by atoms with van der Waals surface area (Å²) in [5.41, 5.74) is 3.71. The molecule has 2 aromatic rings. The van der Waals surface area contributed by atoms with Gasteiger partial charge in [-0.05, 0) is 67.9 Å². The highest BCUT2D eigenvalue weighted by Crippen LogP contribution is 2.46. The van der Waals surface area contributed by atoms with Crippen molar-refractivity contribution in [3.05, 3.63) is 70.3 Å². The molecule has 1 aliphatic carbocycles. The van der Waals surface area contributed by atoms with Crippen LogP contribution in [0.4, 0.5) is 0 Å². The third-order valence-corrected chi connectivity index (χ3v) is 7.48. The van der Waals surface area contributed by atoms with Crippen LogP contribution >= 0.6 is 0 Å². The van der Waals surface area contributed by atoms with Crippen LogP contribution in [0, 0.1) is 31.1 Å². The van der Waals surface area contributed by atoms with Crippen LogP contribution in [0.25, 0.3) is 0 Å². The van der Waals surface area contributed by atoms with Crippen molar-refractivity contribution in [3.8, 4) is 11.8 Å². The van der Waals surface area contributed by atoms with E-state index in [1.807, 2.05) is 32.0 Å². The third-order valence-electron chi connectivity index (χ3n) is 7.48. The third kappa shape index (κ3) is 5.12. The lowest BCUT2D eigenvalue weighted by Gasteiger charge is -2.44. The van der Waals surface area contributed by atoms with E-state index < -0.39 is 5.92 Å². The molecular formula is C30H31NO4. The van der Waals surface area contributed by atoms with Crippen LogP contribution in [0.1, 0.15) is 77.6 Å². The molecule has 5 nitrogen and oxygen atoms in total. The van der Waals surface area contributed by atoms with Crippen LogP contribution < -0.4 is 0 Å². The number of carbonyl (C=O) groups excluding carboxylic acids is 4. The Kier molecular flexibility index (Phi) is 7.03. The molecule has 0 N–H and O–H groups in total. The highest BCUT2D eigenvalue weighted by Gasteiger charge is 2.47. The molecule has 35 heavy (non-hydrogen) atoms. The highest BCUT2D eigenvalue weighted by molar-refractivity contribution is 6.11. The molecule has 5 heteroatoms. The second-order valence-corrected chi connectivity index (χ2v) is 9.96. The zero-order valence-electron chi connectivity index (χ0n) is 20.6. The number of carbonyl (C=O) groups is 4.